The number of anilines is 1. The maximum atomic E-state index is 10.4. The van der Waals surface area contributed by atoms with Crippen molar-refractivity contribution >= 4 is 27.6 Å². The number of nitrogens with zero attached hydrogens (tertiary/aromatic N) is 1. The fourth-order valence-corrected chi connectivity index (χ4v) is 2.28. The molecule has 5 nitrogen and oxygen atoms in total. The number of aromatic nitrogens is 1. The molecule has 0 aromatic carbocycles. The zero-order chi connectivity index (χ0) is 9.97. The lowest BCUT2D eigenvalue weighted by atomic mass is 10.4. The molecular weight excluding hydrogens is 224 g/mol. The van der Waals surface area contributed by atoms with Gasteiger partial charge in [0.1, 0.15) is 5.00 Å². The molecule has 0 aliphatic heterocycles. The summed E-state index contributed by atoms with van der Waals surface area (Å²) in [6.07, 6.45) is 2.93. The third-order valence-electron chi connectivity index (χ3n) is 1.47. The number of rotatable bonds is 3. The molecule has 0 amide bonds. The summed E-state index contributed by atoms with van der Waals surface area (Å²) in [6, 6.07) is 3.50. The fraction of sp³-hybridized carbons (Fsp3) is 0. The first-order chi connectivity index (χ1) is 6.75. The quantitative estimate of drug-likeness (QED) is 0.790. The van der Waals surface area contributed by atoms with Crippen LogP contribution >= 0.6 is 11.3 Å². The molecule has 2 aromatic heterocycles. The van der Waals surface area contributed by atoms with Crippen molar-refractivity contribution in [3.8, 4) is 10.6 Å². The van der Waals surface area contributed by atoms with Gasteiger partial charge in [0.05, 0.1) is 11.1 Å². The molecule has 0 bridgehead atoms. The average molecular weight is 230 g/mol. The second-order valence-electron chi connectivity index (χ2n) is 2.38. The molecule has 2 heterocycles. The largest absolute Gasteiger partial charge is 0.443 e. The van der Waals surface area contributed by atoms with E-state index in [9.17, 15) is 4.21 Å². The van der Waals surface area contributed by atoms with Gasteiger partial charge in [-0.3, -0.25) is 9.27 Å². The zero-order valence-corrected chi connectivity index (χ0v) is 8.47. The first kappa shape index (κ1) is 9.38. The highest BCUT2D eigenvalue weighted by Crippen LogP contribution is 2.30. The molecule has 2 rings (SSSR count). The molecule has 0 spiro atoms. The highest BCUT2D eigenvalue weighted by Gasteiger charge is 2.06. The molecule has 2 N–H and O–H groups in total. The molecular formula is C7H6N2O3S2. The number of hydrogen-bond donors (Lipinski definition) is 2. The Balaban J connectivity index is 2.22. The van der Waals surface area contributed by atoms with Crippen LogP contribution in [-0.2, 0) is 11.3 Å². The Morgan fingerprint density at radius 3 is 3.07 bits per heavy atom. The maximum Gasteiger partial charge on any atom is 0.259 e. The summed E-state index contributed by atoms with van der Waals surface area (Å²) >= 11 is -0.715. The van der Waals surface area contributed by atoms with Crippen molar-refractivity contribution in [2.24, 2.45) is 0 Å². The summed E-state index contributed by atoms with van der Waals surface area (Å²) in [5, 5.41) is 0.609. The standard InChI is InChI=1S/C7H6N2O3S2/c10-14(11)9-7-2-1-6(13-7)5-3-8-4-12-5/h1-4,9H,(H,10,11). The predicted molar refractivity (Wildman–Crippen MR) is 54.2 cm³/mol. The van der Waals surface area contributed by atoms with E-state index in [0.717, 1.165) is 4.88 Å². The van der Waals surface area contributed by atoms with Crippen LogP contribution in [0.5, 0.6) is 0 Å². The van der Waals surface area contributed by atoms with Crippen LogP contribution in [0.3, 0.4) is 0 Å². The Labute approximate surface area is 86.2 Å². The maximum absolute atomic E-state index is 10.4. The van der Waals surface area contributed by atoms with Crippen LogP contribution in [0.15, 0.2) is 29.1 Å². The summed E-state index contributed by atoms with van der Waals surface area (Å²) in [5.74, 6) is 0.645. The van der Waals surface area contributed by atoms with E-state index in [4.69, 9.17) is 8.97 Å². The SMILES string of the molecule is O=S(O)Nc1ccc(-c2cnco2)s1. The average Bonchev–Trinajstić information content (AvgIpc) is 2.69. The van der Waals surface area contributed by atoms with Gasteiger partial charge in [-0.25, -0.2) is 9.19 Å². The van der Waals surface area contributed by atoms with Crippen molar-refractivity contribution < 1.29 is 13.2 Å². The van der Waals surface area contributed by atoms with Crippen LogP contribution < -0.4 is 4.72 Å². The van der Waals surface area contributed by atoms with Gasteiger partial charge in [0.15, 0.2) is 12.2 Å². The van der Waals surface area contributed by atoms with E-state index in [-0.39, 0.29) is 0 Å². The van der Waals surface area contributed by atoms with Gasteiger partial charge in [0.25, 0.3) is 11.3 Å². The molecule has 2 aromatic rings. The molecule has 1 unspecified atom stereocenters. The minimum Gasteiger partial charge on any atom is -0.443 e. The van der Waals surface area contributed by atoms with E-state index >= 15 is 0 Å². The molecule has 7 heteroatoms. The summed E-state index contributed by atoms with van der Waals surface area (Å²) in [5.41, 5.74) is 0. The van der Waals surface area contributed by atoms with Gasteiger partial charge in [-0.15, -0.1) is 11.3 Å². The minimum absolute atomic E-state index is 0.609. The third kappa shape index (κ3) is 2.00. The van der Waals surface area contributed by atoms with E-state index in [1.807, 2.05) is 0 Å². The molecule has 0 saturated heterocycles. The second kappa shape index (κ2) is 3.91. The van der Waals surface area contributed by atoms with Crippen molar-refractivity contribution in [3.05, 3.63) is 24.7 Å². The Bertz CT molecular complexity index is 437. The van der Waals surface area contributed by atoms with Crippen LogP contribution in [-0.4, -0.2) is 13.7 Å². The molecule has 1 atom stereocenters. The van der Waals surface area contributed by atoms with E-state index in [1.165, 1.54) is 17.7 Å². The van der Waals surface area contributed by atoms with E-state index in [2.05, 4.69) is 9.71 Å². The Kier molecular flexibility index (Phi) is 2.62. The lowest BCUT2D eigenvalue weighted by Gasteiger charge is -1.93. The molecule has 0 aliphatic carbocycles. The number of thiophene rings is 1. The number of nitrogens with one attached hydrogen (secondary N) is 1. The van der Waals surface area contributed by atoms with Crippen LogP contribution in [0.1, 0.15) is 0 Å². The zero-order valence-electron chi connectivity index (χ0n) is 6.84. The van der Waals surface area contributed by atoms with Gasteiger partial charge in [0, 0.05) is 0 Å². The van der Waals surface area contributed by atoms with Crippen molar-refractivity contribution in [2.75, 3.05) is 4.72 Å². The lowest BCUT2D eigenvalue weighted by Crippen LogP contribution is -1.98. The monoisotopic (exact) mass is 230 g/mol. The van der Waals surface area contributed by atoms with Crippen molar-refractivity contribution in [3.63, 3.8) is 0 Å². The van der Waals surface area contributed by atoms with E-state index < -0.39 is 11.3 Å². The lowest BCUT2D eigenvalue weighted by molar-refractivity contribution is 0.570. The topological polar surface area (TPSA) is 75.4 Å². The Morgan fingerprint density at radius 1 is 1.57 bits per heavy atom. The summed E-state index contributed by atoms with van der Waals surface area (Å²) < 4.78 is 26.5. The van der Waals surface area contributed by atoms with Gasteiger partial charge in [-0.2, -0.15) is 0 Å². The summed E-state index contributed by atoms with van der Waals surface area (Å²) in [6.45, 7) is 0. The van der Waals surface area contributed by atoms with Crippen molar-refractivity contribution in [2.45, 2.75) is 0 Å². The Hall–Kier alpha value is -1.18. The number of oxazole rings is 1. The first-order valence-corrected chi connectivity index (χ1v) is 5.54. The summed E-state index contributed by atoms with van der Waals surface area (Å²) in [4.78, 5) is 4.64. The van der Waals surface area contributed by atoms with Crippen LogP contribution in [0, 0.1) is 0 Å². The van der Waals surface area contributed by atoms with Gasteiger partial charge in [-0.05, 0) is 12.1 Å². The van der Waals surface area contributed by atoms with Crippen LogP contribution in [0.4, 0.5) is 5.00 Å². The van der Waals surface area contributed by atoms with E-state index in [0.29, 0.717) is 10.8 Å². The summed E-state index contributed by atoms with van der Waals surface area (Å²) in [7, 11) is 0. The van der Waals surface area contributed by atoms with Gasteiger partial charge < -0.3 is 4.42 Å². The van der Waals surface area contributed by atoms with E-state index in [1.54, 1.807) is 18.3 Å². The van der Waals surface area contributed by atoms with Crippen molar-refractivity contribution in [1.82, 2.24) is 4.98 Å². The number of hydrogen-bond acceptors (Lipinski definition) is 4. The molecule has 0 radical (unpaired) electrons. The molecule has 14 heavy (non-hydrogen) atoms. The van der Waals surface area contributed by atoms with Gasteiger partial charge in [-0.1, -0.05) is 0 Å². The molecule has 0 aliphatic rings. The second-order valence-corrected chi connectivity index (χ2v) is 4.17. The van der Waals surface area contributed by atoms with Crippen LogP contribution in [0.2, 0.25) is 0 Å². The molecule has 0 saturated carbocycles. The van der Waals surface area contributed by atoms with Crippen molar-refractivity contribution in [1.29, 1.82) is 0 Å². The van der Waals surface area contributed by atoms with Crippen LogP contribution in [0.25, 0.3) is 10.6 Å². The fourth-order valence-electron chi connectivity index (χ4n) is 0.949. The third-order valence-corrected chi connectivity index (χ3v) is 3.01. The minimum atomic E-state index is -2.04. The van der Waals surface area contributed by atoms with Gasteiger partial charge in [0.2, 0.25) is 0 Å². The predicted octanol–water partition coefficient (Wildman–Crippen LogP) is 1.95. The highest BCUT2D eigenvalue weighted by atomic mass is 32.2. The molecule has 74 valence electrons. The smallest absolute Gasteiger partial charge is 0.259 e. The highest BCUT2D eigenvalue weighted by molar-refractivity contribution is 7.80. The Morgan fingerprint density at radius 2 is 2.43 bits per heavy atom. The van der Waals surface area contributed by atoms with Gasteiger partial charge >= 0.3 is 0 Å². The normalized spacial score (nSPS) is 12.6. The molecule has 0 fully saturated rings. The first-order valence-electron chi connectivity index (χ1n) is 3.62.